The van der Waals surface area contributed by atoms with E-state index in [0.29, 0.717) is 31.9 Å². The van der Waals surface area contributed by atoms with Crippen LogP contribution in [-0.2, 0) is 6.54 Å². The van der Waals surface area contributed by atoms with Gasteiger partial charge in [-0.05, 0) is 30.2 Å². The molecule has 0 saturated carbocycles. The number of benzene rings is 1. The molecule has 7 nitrogen and oxygen atoms in total. The quantitative estimate of drug-likeness (QED) is 0.665. The van der Waals surface area contributed by atoms with Crippen molar-refractivity contribution >= 4 is 30.7 Å². The minimum absolute atomic E-state index is 0. The molecular formula is C20H24Cl2N6O. The fourth-order valence-corrected chi connectivity index (χ4v) is 3.65. The topological polar surface area (TPSA) is 89.9 Å². The van der Waals surface area contributed by atoms with E-state index in [1.807, 2.05) is 41.3 Å². The number of rotatable bonds is 5. The van der Waals surface area contributed by atoms with Crippen LogP contribution in [0.5, 0.6) is 0 Å². The molecule has 0 radical (unpaired) electrons. The molecule has 9 heteroatoms. The summed E-state index contributed by atoms with van der Waals surface area (Å²) in [5, 5.41) is 8.14. The van der Waals surface area contributed by atoms with Crippen molar-refractivity contribution in [2.24, 2.45) is 11.7 Å². The highest BCUT2D eigenvalue weighted by Crippen LogP contribution is 2.32. The summed E-state index contributed by atoms with van der Waals surface area (Å²) in [6.07, 6.45) is 3.42. The van der Waals surface area contributed by atoms with Crippen LogP contribution in [-0.4, -0.2) is 50.4 Å². The number of pyridine rings is 1. The molecule has 3 heterocycles. The van der Waals surface area contributed by atoms with E-state index in [1.165, 1.54) is 5.56 Å². The molecule has 1 aliphatic rings. The summed E-state index contributed by atoms with van der Waals surface area (Å²) >= 11 is 0. The maximum atomic E-state index is 12.9. The number of hydrogen-bond donors (Lipinski definition) is 1. The lowest BCUT2D eigenvalue weighted by atomic mass is 9.89. The molecule has 3 aromatic rings. The number of likely N-dealkylation sites (tertiary alicyclic amines) is 1. The van der Waals surface area contributed by atoms with Crippen LogP contribution in [0.25, 0.3) is 0 Å². The lowest BCUT2D eigenvalue weighted by Gasteiger charge is -2.16. The number of carbonyl (C=O) groups excluding carboxylic acids is 1. The van der Waals surface area contributed by atoms with Crippen LogP contribution >= 0.6 is 24.8 Å². The van der Waals surface area contributed by atoms with Crippen LogP contribution in [0.15, 0.2) is 60.9 Å². The number of nitrogens with zero attached hydrogens (tertiary/aromatic N) is 5. The molecule has 154 valence electrons. The zero-order chi connectivity index (χ0) is 18.6. The Bertz CT molecular complexity index is 906. The Balaban J connectivity index is 0.00000150. The van der Waals surface area contributed by atoms with Gasteiger partial charge in [0.2, 0.25) is 0 Å². The first kappa shape index (κ1) is 22.8. The molecule has 29 heavy (non-hydrogen) atoms. The number of hydrogen-bond acceptors (Lipinski definition) is 5. The molecule has 1 amide bonds. The summed E-state index contributed by atoms with van der Waals surface area (Å²) in [6, 6.07) is 16.0. The van der Waals surface area contributed by atoms with Crippen LogP contribution in [0, 0.1) is 5.92 Å². The largest absolute Gasteiger partial charge is 0.336 e. The maximum Gasteiger partial charge on any atom is 0.276 e. The SMILES string of the molecule is Cl.Cl.NC[C@@H]1CN(C(=O)c2cn(Cc3ccccn3)nn2)C[C@H]1c1ccccc1. The molecule has 0 aliphatic carbocycles. The third-order valence-electron chi connectivity index (χ3n) is 5.07. The summed E-state index contributed by atoms with van der Waals surface area (Å²) in [4.78, 5) is 19.0. The molecule has 4 rings (SSSR count). The Labute approximate surface area is 182 Å². The van der Waals surface area contributed by atoms with Crippen molar-refractivity contribution in [3.8, 4) is 0 Å². The van der Waals surface area contributed by atoms with Gasteiger partial charge < -0.3 is 10.6 Å². The van der Waals surface area contributed by atoms with Crippen LogP contribution in [0.1, 0.15) is 27.7 Å². The van der Waals surface area contributed by atoms with E-state index in [0.717, 1.165) is 5.69 Å². The Morgan fingerprint density at radius 1 is 1.07 bits per heavy atom. The van der Waals surface area contributed by atoms with E-state index >= 15 is 0 Å². The number of amides is 1. The zero-order valence-electron chi connectivity index (χ0n) is 15.8. The van der Waals surface area contributed by atoms with Crippen LogP contribution < -0.4 is 5.73 Å². The van der Waals surface area contributed by atoms with E-state index in [4.69, 9.17) is 5.73 Å². The maximum absolute atomic E-state index is 12.9. The highest BCUT2D eigenvalue weighted by Gasteiger charge is 2.36. The monoisotopic (exact) mass is 434 g/mol. The normalized spacial score (nSPS) is 18.0. The van der Waals surface area contributed by atoms with E-state index in [1.54, 1.807) is 17.1 Å². The first-order valence-electron chi connectivity index (χ1n) is 9.09. The lowest BCUT2D eigenvalue weighted by molar-refractivity contribution is 0.0780. The van der Waals surface area contributed by atoms with Crippen molar-refractivity contribution in [3.05, 3.63) is 77.9 Å². The van der Waals surface area contributed by atoms with Crippen molar-refractivity contribution in [1.29, 1.82) is 0 Å². The zero-order valence-corrected chi connectivity index (χ0v) is 17.4. The summed E-state index contributed by atoms with van der Waals surface area (Å²) in [7, 11) is 0. The lowest BCUT2D eigenvalue weighted by Crippen LogP contribution is -2.30. The Morgan fingerprint density at radius 3 is 2.52 bits per heavy atom. The molecule has 0 bridgehead atoms. The highest BCUT2D eigenvalue weighted by molar-refractivity contribution is 5.92. The van der Waals surface area contributed by atoms with Gasteiger partial charge in [0, 0.05) is 25.2 Å². The van der Waals surface area contributed by atoms with E-state index in [9.17, 15) is 4.79 Å². The second-order valence-electron chi connectivity index (χ2n) is 6.85. The van der Waals surface area contributed by atoms with E-state index < -0.39 is 0 Å². The average molecular weight is 435 g/mol. The van der Waals surface area contributed by atoms with E-state index in [2.05, 4.69) is 27.4 Å². The second kappa shape index (κ2) is 10.3. The molecule has 2 aromatic heterocycles. The van der Waals surface area contributed by atoms with Crippen molar-refractivity contribution in [2.75, 3.05) is 19.6 Å². The van der Waals surface area contributed by atoms with Crippen LogP contribution in [0.2, 0.25) is 0 Å². The van der Waals surface area contributed by atoms with Gasteiger partial charge in [-0.15, -0.1) is 29.9 Å². The van der Waals surface area contributed by atoms with Gasteiger partial charge in [0.15, 0.2) is 5.69 Å². The van der Waals surface area contributed by atoms with Crippen molar-refractivity contribution in [2.45, 2.75) is 12.5 Å². The van der Waals surface area contributed by atoms with Crippen LogP contribution in [0.3, 0.4) is 0 Å². The van der Waals surface area contributed by atoms with Gasteiger partial charge in [-0.3, -0.25) is 9.78 Å². The minimum Gasteiger partial charge on any atom is -0.336 e. The Hall–Kier alpha value is -2.48. The van der Waals surface area contributed by atoms with Crippen LogP contribution in [0.4, 0.5) is 0 Å². The first-order valence-corrected chi connectivity index (χ1v) is 9.09. The second-order valence-corrected chi connectivity index (χ2v) is 6.85. The third kappa shape index (κ3) is 5.12. The van der Waals surface area contributed by atoms with Crippen molar-refractivity contribution in [1.82, 2.24) is 24.9 Å². The Morgan fingerprint density at radius 2 is 1.83 bits per heavy atom. The number of nitrogens with two attached hydrogens (primary N) is 1. The molecule has 2 N–H and O–H groups in total. The number of aromatic nitrogens is 4. The summed E-state index contributed by atoms with van der Waals surface area (Å²) in [6.45, 7) is 2.33. The molecular weight excluding hydrogens is 411 g/mol. The summed E-state index contributed by atoms with van der Waals surface area (Å²) in [5.41, 5.74) is 8.43. The standard InChI is InChI=1S/C20H22N6O.2ClH/c21-10-16-11-25(13-18(16)15-6-2-1-3-7-15)20(27)19-14-26(24-23-19)12-17-8-4-5-9-22-17;;/h1-9,14,16,18H,10-13,21H2;2*1H/t16-,18+;;/m1../s1. The molecule has 1 fully saturated rings. The predicted octanol–water partition coefficient (Wildman–Crippen LogP) is 2.38. The highest BCUT2D eigenvalue weighted by atomic mass is 35.5. The number of carbonyl (C=O) groups is 1. The fraction of sp³-hybridized carbons (Fsp3) is 0.300. The van der Waals surface area contributed by atoms with Gasteiger partial charge in [0.1, 0.15) is 0 Å². The van der Waals surface area contributed by atoms with Gasteiger partial charge in [-0.2, -0.15) is 0 Å². The van der Waals surface area contributed by atoms with Gasteiger partial charge in [0.25, 0.3) is 5.91 Å². The fourth-order valence-electron chi connectivity index (χ4n) is 3.65. The van der Waals surface area contributed by atoms with Crippen molar-refractivity contribution in [3.63, 3.8) is 0 Å². The summed E-state index contributed by atoms with van der Waals surface area (Å²) in [5.74, 6) is 0.405. The number of halogens is 2. The van der Waals surface area contributed by atoms with Gasteiger partial charge in [0.05, 0.1) is 18.4 Å². The molecule has 0 unspecified atom stereocenters. The van der Waals surface area contributed by atoms with Crippen molar-refractivity contribution < 1.29 is 4.79 Å². The summed E-state index contributed by atoms with van der Waals surface area (Å²) < 4.78 is 1.64. The van der Waals surface area contributed by atoms with E-state index in [-0.39, 0.29) is 42.6 Å². The average Bonchev–Trinajstić information content (AvgIpc) is 3.36. The van der Waals surface area contributed by atoms with Gasteiger partial charge in [-0.25, -0.2) is 4.68 Å². The molecule has 2 atom stereocenters. The molecule has 0 spiro atoms. The van der Waals surface area contributed by atoms with Gasteiger partial charge >= 0.3 is 0 Å². The minimum atomic E-state index is -0.0980. The predicted molar refractivity (Wildman–Crippen MR) is 115 cm³/mol. The molecule has 1 saturated heterocycles. The molecule has 1 aliphatic heterocycles. The smallest absolute Gasteiger partial charge is 0.276 e. The van der Waals surface area contributed by atoms with Gasteiger partial charge in [-0.1, -0.05) is 41.6 Å². The molecule has 1 aromatic carbocycles. The third-order valence-corrected chi connectivity index (χ3v) is 5.07. The first-order chi connectivity index (χ1) is 13.2. The Kier molecular flexibility index (Phi) is 8.13.